The summed E-state index contributed by atoms with van der Waals surface area (Å²) in [6.07, 6.45) is 0. The van der Waals surface area contributed by atoms with Crippen LogP contribution in [0.4, 0.5) is 0 Å². The second-order valence-corrected chi connectivity index (χ2v) is 3.55. The summed E-state index contributed by atoms with van der Waals surface area (Å²) >= 11 is 11.7. The number of nitrogens with one attached hydrogen (secondary N) is 1. The molecule has 0 heterocycles. The Morgan fingerprint density at radius 2 is 2.14 bits per heavy atom. The standard InChI is InChI=1S/C9H10Cl2N2O/c1-13-8(9(12)14)5-3-2-4-6(10)7(5)11/h2-4,8,13H,1H3,(H2,12,14)/t8-/m0/s1. The van der Waals surface area contributed by atoms with Gasteiger partial charge < -0.3 is 11.1 Å². The van der Waals surface area contributed by atoms with Crippen molar-refractivity contribution in [1.29, 1.82) is 0 Å². The number of carbonyl (C=O) groups excluding carboxylic acids is 1. The summed E-state index contributed by atoms with van der Waals surface area (Å²) in [7, 11) is 1.63. The zero-order valence-electron chi connectivity index (χ0n) is 7.55. The van der Waals surface area contributed by atoms with E-state index in [0.29, 0.717) is 15.6 Å². The quantitative estimate of drug-likeness (QED) is 0.835. The number of hydrogen-bond donors (Lipinski definition) is 2. The average molecular weight is 233 g/mol. The van der Waals surface area contributed by atoms with E-state index in [9.17, 15) is 4.79 Å². The molecule has 0 aromatic heterocycles. The number of amides is 1. The molecule has 5 heteroatoms. The molecule has 0 saturated carbocycles. The second-order valence-electron chi connectivity index (χ2n) is 2.77. The molecule has 0 spiro atoms. The van der Waals surface area contributed by atoms with Gasteiger partial charge in [0, 0.05) is 0 Å². The molecule has 0 aliphatic carbocycles. The number of likely N-dealkylation sites (N-methyl/N-ethyl adjacent to an activating group) is 1. The summed E-state index contributed by atoms with van der Waals surface area (Å²) in [6, 6.07) is 4.47. The zero-order valence-corrected chi connectivity index (χ0v) is 9.06. The van der Waals surface area contributed by atoms with Crippen molar-refractivity contribution in [2.75, 3.05) is 7.05 Å². The van der Waals surface area contributed by atoms with Gasteiger partial charge in [-0.3, -0.25) is 4.79 Å². The molecule has 0 saturated heterocycles. The van der Waals surface area contributed by atoms with E-state index in [1.54, 1.807) is 25.2 Å². The van der Waals surface area contributed by atoms with Crippen LogP contribution in [-0.2, 0) is 4.79 Å². The van der Waals surface area contributed by atoms with E-state index in [0.717, 1.165) is 0 Å². The lowest BCUT2D eigenvalue weighted by molar-refractivity contribution is -0.120. The van der Waals surface area contributed by atoms with Crippen LogP contribution in [0.1, 0.15) is 11.6 Å². The lowest BCUT2D eigenvalue weighted by Gasteiger charge is -2.14. The topological polar surface area (TPSA) is 55.1 Å². The monoisotopic (exact) mass is 232 g/mol. The summed E-state index contributed by atoms with van der Waals surface area (Å²) < 4.78 is 0. The molecular formula is C9H10Cl2N2O. The predicted octanol–water partition coefficient (Wildman–Crippen LogP) is 1.74. The molecule has 0 aliphatic heterocycles. The highest BCUT2D eigenvalue weighted by molar-refractivity contribution is 6.42. The largest absolute Gasteiger partial charge is 0.368 e. The first-order chi connectivity index (χ1) is 6.57. The molecule has 1 atom stereocenters. The van der Waals surface area contributed by atoms with E-state index in [-0.39, 0.29) is 0 Å². The fraction of sp³-hybridized carbons (Fsp3) is 0.222. The number of carbonyl (C=O) groups is 1. The number of nitrogens with two attached hydrogens (primary N) is 1. The van der Waals surface area contributed by atoms with Gasteiger partial charge in [-0.25, -0.2) is 0 Å². The van der Waals surface area contributed by atoms with E-state index < -0.39 is 11.9 Å². The molecule has 0 fully saturated rings. The first-order valence-electron chi connectivity index (χ1n) is 3.98. The molecule has 14 heavy (non-hydrogen) atoms. The number of halogens is 2. The second kappa shape index (κ2) is 4.64. The number of benzene rings is 1. The van der Waals surface area contributed by atoms with Crippen molar-refractivity contribution in [2.24, 2.45) is 5.73 Å². The van der Waals surface area contributed by atoms with Crippen LogP contribution in [0.3, 0.4) is 0 Å². The Balaban J connectivity index is 3.16. The molecule has 0 aliphatic rings. The first kappa shape index (κ1) is 11.3. The van der Waals surface area contributed by atoms with Gasteiger partial charge in [-0.1, -0.05) is 35.3 Å². The summed E-state index contributed by atoms with van der Waals surface area (Å²) in [5.74, 6) is -0.489. The van der Waals surface area contributed by atoms with E-state index in [1.165, 1.54) is 0 Å². The van der Waals surface area contributed by atoms with Gasteiger partial charge in [0.15, 0.2) is 0 Å². The number of primary amides is 1. The van der Waals surface area contributed by atoms with Crippen LogP contribution >= 0.6 is 23.2 Å². The highest BCUT2D eigenvalue weighted by Gasteiger charge is 2.19. The molecule has 76 valence electrons. The van der Waals surface area contributed by atoms with Crippen molar-refractivity contribution in [3.05, 3.63) is 33.8 Å². The van der Waals surface area contributed by atoms with Gasteiger partial charge in [0.25, 0.3) is 0 Å². The fourth-order valence-corrected chi connectivity index (χ4v) is 1.61. The van der Waals surface area contributed by atoms with Crippen LogP contribution in [0.25, 0.3) is 0 Å². The van der Waals surface area contributed by atoms with Crippen LogP contribution in [0.2, 0.25) is 10.0 Å². The van der Waals surface area contributed by atoms with Crippen LogP contribution in [0.5, 0.6) is 0 Å². The highest BCUT2D eigenvalue weighted by Crippen LogP contribution is 2.29. The fourth-order valence-electron chi connectivity index (χ4n) is 1.19. The van der Waals surface area contributed by atoms with E-state index in [4.69, 9.17) is 28.9 Å². The molecular weight excluding hydrogens is 223 g/mol. The van der Waals surface area contributed by atoms with Gasteiger partial charge >= 0.3 is 0 Å². The summed E-state index contributed by atoms with van der Waals surface area (Å²) in [4.78, 5) is 11.1. The minimum absolute atomic E-state index is 0.354. The third kappa shape index (κ3) is 2.18. The highest BCUT2D eigenvalue weighted by atomic mass is 35.5. The Bertz CT molecular complexity index is 355. The minimum atomic E-state index is -0.610. The Kier molecular flexibility index (Phi) is 3.75. The van der Waals surface area contributed by atoms with Crippen molar-refractivity contribution in [3.63, 3.8) is 0 Å². The Morgan fingerprint density at radius 3 is 2.64 bits per heavy atom. The SMILES string of the molecule is CN[C@H](C(N)=O)c1cccc(Cl)c1Cl. The van der Waals surface area contributed by atoms with Gasteiger partial charge in [0.2, 0.25) is 5.91 Å². The van der Waals surface area contributed by atoms with Crippen molar-refractivity contribution >= 4 is 29.1 Å². The van der Waals surface area contributed by atoms with Crippen LogP contribution < -0.4 is 11.1 Å². The molecule has 0 unspecified atom stereocenters. The van der Waals surface area contributed by atoms with Gasteiger partial charge in [-0.15, -0.1) is 0 Å². The third-order valence-electron chi connectivity index (χ3n) is 1.87. The van der Waals surface area contributed by atoms with Crippen molar-refractivity contribution < 1.29 is 4.79 Å². The van der Waals surface area contributed by atoms with Gasteiger partial charge in [0.05, 0.1) is 10.0 Å². The van der Waals surface area contributed by atoms with Gasteiger partial charge in [-0.05, 0) is 18.7 Å². The summed E-state index contributed by atoms with van der Waals surface area (Å²) in [5.41, 5.74) is 5.79. The third-order valence-corrected chi connectivity index (χ3v) is 2.70. The van der Waals surface area contributed by atoms with Crippen LogP contribution in [0, 0.1) is 0 Å². The van der Waals surface area contributed by atoms with Crippen molar-refractivity contribution in [3.8, 4) is 0 Å². The molecule has 3 nitrogen and oxygen atoms in total. The number of hydrogen-bond acceptors (Lipinski definition) is 2. The smallest absolute Gasteiger partial charge is 0.239 e. The summed E-state index contributed by atoms with van der Waals surface area (Å²) in [6.45, 7) is 0. The van der Waals surface area contributed by atoms with Crippen LogP contribution in [0.15, 0.2) is 18.2 Å². The van der Waals surface area contributed by atoms with Crippen molar-refractivity contribution in [2.45, 2.75) is 6.04 Å². The van der Waals surface area contributed by atoms with Gasteiger partial charge in [-0.2, -0.15) is 0 Å². The Labute approximate surface area is 92.2 Å². The normalized spacial score (nSPS) is 12.5. The molecule has 0 bridgehead atoms. The molecule has 1 aromatic rings. The first-order valence-corrected chi connectivity index (χ1v) is 4.74. The van der Waals surface area contributed by atoms with E-state index in [2.05, 4.69) is 5.32 Å². The summed E-state index contributed by atoms with van der Waals surface area (Å²) in [5, 5.41) is 3.53. The predicted molar refractivity (Wildman–Crippen MR) is 57.5 cm³/mol. The minimum Gasteiger partial charge on any atom is -0.368 e. The Morgan fingerprint density at radius 1 is 1.50 bits per heavy atom. The molecule has 1 amide bonds. The van der Waals surface area contributed by atoms with Crippen LogP contribution in [-0.4, -0.2) is 13.0 Å². The maximum atomic E-state index is 11.1. The number of rotatable bonds is 3. The van der Waals surface area contributed by atoms with E-state index in [1.807, 2.05) is 0 Å². The maximum Gasteiger partial charge on any atom is 0.239 e. The average Bonchev–Trinajstić information content (AvgIpc) is 2.13. The molecule has 1 aromatic carbocycles. The molecule has 3 N–H and O–H groups in total. The molecule has 0 radical (unpaired) electrons. The molecule has 1 rings (SSSR count). The van der Waals surface area contributed by atoms with E-state index >= 15 is 0 Å². The zero-order chi connectivity index (χ0) is 10.7. The van der Waals surface area contributed by atoms with Gasteiger partial charge in [0.1, 0.15) is 6.04 Å². The lowest BCUT2D eigenvalue weighted by Crippen LogP contribution is -2.31. The van der Waals surface area contributed by atoms with Crippen molar-refractivity contribution in [1.82, 2.24) is 5.32 Å². The lowest BCUT2D eigenvalue weighted by atomic mass is 10.1. The Hall–Kier alpha value is -0.770. The maximum absolute atomic E-state index is 11.1.